The molecule has 5 rings (SSSR count). The van der Waals surface area contributed by atoms with Crippen molar-refractivity contribution >= 4 is 18.0 Å². The second-order valence-corrected chi connectivity index (χ2v) is 8.68. The lowest BCUT2D eigenvalue weighted by molar-refractivity contribution is -0.149. The third-order valence-corrected chi connectivity index (χ3v) is 6.93. The Kier molecular flexibility index (Phi) is 5.33. The largest absolute Gasteiger partial charge is 0.480 e. The molecule has 2 aromatic carbocycles. The first kappa shape index (κ1) is 20.5. The summed E-state index contributed by atoms with van der Waals surface area (Å²) in [6, 6.07) is 14.8. The van der Waals surface area contributed by atoms with E-state index in [9.17, 15) is 19.5 Å². The van der Waals surface area contributed by atoms with E-state index in [1.807, 2.05) is 24.3 Å². The van der Waals surface area contributed by atoms with E-state index in [1.165, 1.54) is 9.80 Å². The highest BCUT2D eigenvalue weighted by Gasteiger charge is 2.43. The average Bonchev–Trinajstić information content (AvgIpc) is 3.55. The summed E-state index contributed by atoms with van der Waals surface area (Å²) < 4.78 is 5.74. The maximum absolute atomic E-state index is 13.1. The number of hydrogen-bond donors (Lipinski definition) is 1. The number of carboxylic acid groups (broad SMARTS) is 1. The lowest BCUT2D eigenvalue weighted by atomic mass is 9.98. The Morgan fingerprint density at radius 2 is 1.41 bits per heavy atom. The van der Waals surface area contributed by atoms with E-state index in [0.717, 1.165) is 22.3 Å². The summed E-state index contributed by atoms with van der Waals surface area (Å²) in [4.78, 5) is 40.5. The van der Waals surface area contributed by atoms with Crippen LogP contribution in [0.4, 0.5) is 4.79 Å². The maximum Gasteiger partial charge on any atom is 0.410 e. The Morgan fingerprint density at radius 3 is 2.03 bits per heavy atom. The molecule has 7 heteroatoms. The number of carbonyl (C=O) groups excluding carboxylic acids is 2. The van der Waals surface area contributed by atoms with Crippen LogP contribution in [0.2, 0.25) is 0 Å². The van der Waals surface area contributed by atoms with Crippen LogP contribution < -0.4 is 0 Å². The number of rotatable bonds is 4. The molecular formula is C25H26N2O5. The standard InChI is InChI=1S/C25H26N2O5/c28-23(26-13-6-12-22(26)24(29)30)21-11-5-14-27(21)25(31)32-15-20-18-9-3-1-7-16(18)17-8-2-4-10-19(17)20/h1-4,7-10,20-22H,5-6,11-15H2,(H,29,30)/t21-,22-/m0/s1. The molecule has 2 saturated heterocycles. The van der Waals surface area contributed by atoms with Crippen molar-refractivity contribution in [3.63, 3.8) is 0 Å². The van der Waals surface area contributed by atoms with E-state index in [2.05, 4.69) is 24.3 Å². The summed E-state index contributed by atoms with van der Waals surface area (Å²) >= 11 is 0. The van der Waals surface area contributed by atoms with Crippen molar-refractivity contribution in [3.8, 4) is 11.1 Å². The molecule has 1 aliphatic carbocycles. The van der Waals surface area contributed by atoms with Crippen LogP contribution in [0, 0.1) is 0 Å². The van der Waals surface area contributed by atoms with Gasteiger partial charge in [-0.15, -0.1) is 0 Å². The highest BCUT2D eigenvalue weighted by atomic mass is 16.6. The number of fused-ring (bicyclic) bond motifs is 3. The SMILES string of the molecule is O=C(O)[C@@H]1CCCN1C(=O)[C@@H]1CCCN1C(=O)OCC1c2ccccc2-c2ccccc21. The molecule has 2 amide bonds. The Labute approximate surface area is 186 Å². The van der Waals surface area contributed by atoms with Crippen molar-refractivity contribution < 1.29 is 24.2 Å². The maximum atomic E-state index is 13.1. The molecule has 2 aliphatic heterocycles. The average molecular weight is 434 g/mol. The van der Waals surface area contributed by atoms with Gasteiger partial charge in [-0.1, -0.05) is 48.5 Å². The number of aliphatic carboxylic acids is 1. The minimum atomic E-state index is -0.985. The van der Waals surface area contributed by atoms with Crippen molar-refractivity contribution in [2.75, 3.05) is 19.7 Å². The van der Waals surface area contributed by atoms with Crippen LogP contribution >= 0.6 is 0 Å². The molecule has 166 valence electrons. The first-order valence-electron chi connectivity index (χ1n) is 11.2. The Bertz CT molecular complexity index is 1020. The van der Waals surface area contributed by atoms with Crippen LogP contribution in [0.3, 0.4) is 0 Å². The molecule has 0 spiro atoms. The lowest BCUT2D eigenvalue weighted by Crippen LogP contribution is -2.51. The van der Waals surface area contributed by atoms with Gasteiger partial charge in [-0.2, -0.15) is 0 Å². The van der Waals surface area contributed by atoms with Gasteiger partial charge in [-0.3, -0.25) is 9.69 Å². The Balaban J connectivity index is 1.29. The third-order valence-electron chi connectivity index (χ3n) is 6.93. The van der Waals surface area contributed by atoms with E-state index >= 15 is 0 Å². The van der Waals surface area contributed by atoms with Crippen LogP contribution in [-0.4, -0.2) is 64.7 Å². The molecule has 0 saturated carbocycles. The molecule has 0 radical (unpaired) electrons. The van der Waals surface area contributed by atoms with Gasteiger partial charge in [0.05, 0.1) is 0 Å². The monoisotopic (exact) mass is 434 g/mol. The van der Waals surface area contributed by atoms with Crippen LogP contribution in [0.25, 0.3) is 11.1 Å². The fourth-order valence-corrected chi connectivity index (χ4v) is 5.40. The Morgan fingerprint density at radius 1 is 0.844 bits per heavy atom. The molecule has 2 atom stereocenters. The van der Waals surface area contributed by atoms with E-state index in [-0.39, 0.29) is 18.4 Å². The van der Waals surface area contributed by atoms with E-state index in [4.69, 9.17) is 4.74 Å². The zero-order valence-electron chi connectivity index (χ0n) is 17.8. The van der Waals surface area contributed by atoms with Crippen molar-refractivity contribution in [1.82, 2.24) is 9.80 Å². The smallest absolute Gasteiger partial charge is 0.410 e. The van der Waals surface area contributed by atoms with Crippen LogP contribution in [0.1, 0.15) is 42.7 Å². The fraction of sp³-hybridized carbons (Fsp3) is 0.400. The number of likely N-dealkylation sites (tertiary alicyclic amines) is 2. The highest BCUT2D eigenvalue weighted by molar-refractivity contribution is 5.90. The molecule has 7 nitrogen and oxygen atoms in total. The van der Waals surface area contributed by atoms with Gasteiger partial charge in [0.1, 0.15) is 18.7 Å². The molecule has 32 heavy (non-hydrogen) atoms. The van der Waals surface area contributed by atoms with Gasteiger partial charge in [0, 0.05) is 19.0 Å². The molecule has 0 unspecified atom stereocenters. The fourth-order valence-electron chi connectivity index (χ4n) is 5.40. The second kappa shape index (κ2) is 8.30. The minimum Gasteiger partial charge on any atom is -0.480 e. The Hall–Kier alpha value is -3.35. The zero-order valence-corrected chi connectivity index (χ0v) is 17.8. The van der Waals surface area contributed by atoms with E-state index in [0.29, 0.717) is 38.8 Å². The quantitative estimate of drug-likeness (QED) is 0.796. The first-order valence-corrected chi connectivity index (χ1v) is 11.2. The van der Waals surface area contributed by atoms with Gasteiger partial charge >= 0.3 is 12.1 Å². The van der Waals surface area contributed by atoms with Crippen molar-refractivity contribution in [2.45, 2.75) is 43.7 Å². The van der Waals surface area contributed by atoms with Gasteiger partial charge in [0.15, 0.2) is 0 Å². The third kappa shape index (κ3) is 3.42. The number of hydrogen-bond acceptors (Lipinski definition) is 4. The summed E-state index contributed by atoms with van der Waals surface area (Å²) in [5, 5.41) is 9.42. The molecule has 2 heterocycles. The molecule has 2 fully saturated rings. The summed E-state index contributed by atoms with van der Waals surface area (Å²) in [5.41, 5.74) is 4.59. The zero-order chi connectivity index (χ0) is 22.2. The number of carboxylic acids is 1. The predicted octanol–water partition coefficient (Wildman–Crippen LogP) is 3.48. The molecule has 2 aromatic rings. The van der Waals surface area contributed by atoms with Crippen molar-refractivity contribution in [3.05, 3.63) is 59.7 Å². The van der Waals surface area contributed by atoms with Gasteiger partial charge < -0.3 is 14.7 Å². The molecule has 1 N–H and O–H groups in total. The lowest BCUT2D eigenvalue weighted by Gasteiger charge is -2.29. The summed E-state index contributed by atoms with van der Waals surface area (Å²) in [5.74, 6) is -1.31. The number of benzene rings is 2. The second-order valence-electron chi connectivity index (χ2n) is 8.68. The van der Waals surface area contributed by atoms with Gasteiger partial charge in [0.2, 0.25) is 5.91 Å². The van der Waals surface area contributed by atoms with Gasteiger partial charge in [0.25, 0.3) is 0 Å². The molecule has 0 aromatic heterocycles. The summed E-state index contributed by atoms with van der Waals surface area (Å²) in [6.07, 6.45) is 1.85. The van der Waals surface area contributed by atoms with Crippen LogP contribution in [-0.2, 0) is 14.3 Å². The van der Waals surface area contributed by atoms with Crippen LogP contribution in [0.5, 0.6) is 0 Å². The number of ether oxygens (including phenoxy) is 1. The molecule has 0 bridgehead atoms. The van der Waals surface area contributed by atoms with Crippen molar-refractivity contribution in [2.24, 2.45) is 0 Å². The predicted molar refractivity (Wildman–Crippen MR) is 117 cm³/mol. The minimum absolute atomic E-state index is 0.0434. The number of carbonyl (C=O) groups is 3. The first-order chi connectivity index (χ1) is 15.6. The summed E-state index contributed by atoms with van der Waals surface area (Å²) in [6.45, 7) is 1.06. The van der Waals surface area contributed by atoms with Gasteiger partial charge in [-0.05, 0) is 47.9 Å². The topological polar surface area (TPSA) is 87.2 Å². The molecular weight excluding hydrogens is 408 g/mol. The van der Waals surface area contributed by atoms with Crippen molar-refractivity contribution in [1.29, 1.82) is 0 Å². The van der Waals surface area contributed by atoms with E-state index < -0.39 is 24.1 Å². The number of amides is 2. The molecule has 3 aliphatic rings. The summed E-state index contributed by atoms with van der Waals surface area (Å²) in [7, 11) is 0. The number of nitrogens with zero attached hydrogens (tertiary/aromatic N) is 2. The normalized spacial score (nSPS) is 22.0. The van der Waals surface area contributed by atoms with Crippen LogP contribution in [0.15, 0.2) is 48.5 Å². The van der Waals surface area contributed by atoms with Gasteiger partial charge in [-0.25, -0.2) is 9.59 Å². The highest BCUT2D eigenvalue weighted by Crippen LogP contribution is 2.44. The van der Waals surface area contributed by atoms with E-state index in [1.54, 1.807) is 0 Å².